The van der Waals surface area contributed by atoms with Crippen LogP contribution in [0.4, 0.5) is 0 Å². The molecule has 0 aliphatic carbocycles. The van der Waals surface area contributed by atoms with Gasteiger partial charge in [0.1, 0.15) is 18.1 Å². The highest BCUT2D eigenvalue weighted by molar-refractivity contribution is 5.95. The first kappa shape index (κ1) is 33.7. The lowest BCUT2D eigenvalue weighted by molar-refractivity contribution is -0.144. The monoisotopic (exact) mass is 530 g/mol. The summed E-state index contributed by atoms with van der Waals surface area (Å²) in [7, 11) is 0. The number of carbonyl (C=O) groups is 6. The molecular weight excluding hydrogens is 488 g/mol. The minimum atomic E-state index is -1.55. The molecule has 0 aromatic heterocycles. The van der Waals surface area contributed by atoms with Crippen LogP contribution >= 0.6 is 0 Å². The van der Waals surface area contributed by atoms with Crippen LogP contribution in [0.3, 0.4) is 0 Å². The van der Waals surface area contributed by atoms with Gasteiger partial charge in [-0.25, -0.2) is 4.79 Å². The second kappa shape index (κ2) is 15.8. The summed E-state index contributed by atoms with van der Waals surface area (Å²) in [5.74, 6) is -5.38. The van der Waals surface area contributed by atoms with Crippen molar-refractivity contribution in [2.45, 2.75) is 91.2 Å². The molecule has 0 aromatic carbocycles. The Morgan fingerprint density at radius 1 is 0.730 bits per heavy atom. The van der Waals surface area contributed by atoms with Gasteiger partial charge in [0.25, 0.3) is 0 Å². The number of aliphatic hydroxyl groups excluding tert-OH is 1. The molecule has 37 heavy (non-hydrogen) atoms. The number of amides is 5. The molecule has 0 heterocycles. The minimum absolute atomic E-state index is 0.246. The van der Waals surface area contributed by atoms with Crippen molar-refractivity contribution in [2.24, 2.45) is 17.6 Å². The van der Waals surface area contributed by atoms with Crippen molar-refractivity contribution in [3.8, 4) is 0 Å². The van der Waals surface area contributed by atoms with Gasteiger partial charge in [-0.3, -0.25) is 24.0 Å². The van der Waals surface area contributed by atoms with E-state index in [2.05, 4.69) is 26.6 Å². The molecule has 14 nitrogen and oxygen atoms in total. The standard InChI is InChI=1S/C23H42N6O8/c1-8-11(4)17(29-19(32)12(5)24)22(35)28-16(10(2)3)21(34)26-13(6)20(33)25-9-15(31)27-18(14(7)30)23(36)37/h10-14,16-18,30H,8-9,24H2,1-7H3,(H,25,33)(H,26,34)(H,27,31)(H,28,35)(H,29,32)(H,36,37)/t11-,12-,13-,14+,16-,17-,18-/m0/s1. The van der Waals surface area contributed by atoms with Gasteiger partial charge >= 0.3 is 5.97 Å². The van der Waals surface area contributed by atoms with Gasteiger partial charge in [0.15, 0.2) is 6.04 Å². The molecule has 212 valence electrons. The van der Waals surface area contributed by atoms with Crippen LogP contribution in [0.2, 0.25) is 0 Å². The highest BCUT2D eigenvalue weighted by Crippen LogP contribution is 2.10. The Morgan fingerprint density at radius 3 is 1.68 bits per heavy atom. The Morgan fingerprint density at radius 2 is 1.24 bits per heavy atom. The maximum absolute atomic E-state index is 13.0. The predicted molar refractivity (Wildman–Crippen MR) is 134 cm³/mol. The average Bonchev–Trinajstić information content (AvgIpc) is 2.80. The van der Waals surface area contributed by atoms with E-state index in [1.807, 2.05) is 6.92 Å². The quantitative estimate of drug-likeness (QED) is 0.112. The summed E-state index contributed by atoms with van der Waals surface area (Å²) < 4.78 is 0. The van der Waals surface area contributed by atoms with Crippen molar-refractivity contribution >= 4 is 35.5 Å². The second-order valence-electron chi connectivity index (χ2n) is 9.46. The number of nitrogens with two attached hydrogens (primary N) is 1. The van der Waals surface area contributed by atoms with E-state index in [1.54, 1.807) is 20.8 Å². The van der Waals surface area contributed by atoms with E-state index < -0.39 is 78.4 Å². The van der Waals surface area contributed by atoms with Crippen molar-refractivity contribution in [3.63, 3.8) is 0 Å². The number of nitrogens with one attached hydrogen (secondary N) is 5. The lowest BCUT2D eigenvalue weighted by Crippen LogP contribution is -2.60. The van der Waals surface area contributed by atoms with E-state index in [4.69, 9.17) is 10.8 Å². The number of carbonyl (C=O) groups excluding carboxylic acids is 5. The number of hydrogen-bond donors (Lipinski definition) is 8. The molecule has 0 bridgehead atoms. The van der Waals surface area contributed by atoms with Crippen LogP contribution < -0.4 is 32.3 Å². The Kier molecular flexibility index (Phi) is 14.4. The number of carboxylic acid groups (broad SMARTS) is 1. The van der Waals surface area contributed by atoms with Crippen LogP contribution in [0.25, 0.3) is 0 Å². The number of hydrogen-bond acceptors (Lipinski definition) is 8. The van der Waals surface area contributed by atoms with Gasteiger partial charge in [0.05, 0.1) is 18.7 Å². The fraction of sp³-hybridized carbons (Fsp3) is 0.739. The Balaban J connectivity index is 5.17. The lowest BCUT2D eigenvalue weighted by atomic mass is 9.96. The molecule has 5 amide bonds. The maximum Gasteiger partial charge on any atom is 0.328 e. The molecule has 7 atom stereocenters. The summed E-state index contributed by atoms with van der Waals surface area (Å²) in [6.07, 6.45) is -0.782. The van der Waals surface area contributed by atoms with Crippen LogP contribution in [0, 0.1) is 11.8 Å². The molecule has 0 aromatic rings. The van der Waals surface area contributed by atoms with Gasteiger partial charge in [-0.15, -0.1) is 0 Å². The number of aliphatic carboxylic acids is 1. The summed E-state index contributed by atoms with van der Waals surface area (Å²) >= 11 is 0. The van der Waals surface area contributed by atoms with E-state index in [0.717, 1.165) is 0 Å². The normalized spacial score (nSPS) is 16.7. The number of aliphatic hydroxyl groups is 1. The largest absolute Gasteiger partial charge is 0.480 e. The third-order valence-electron chi connectivity index (χ3n) is 5.69. The van der Waals surface area contributed by atoms with Gasteiger partial charge in [-0.05, 0) is 32.6 Å². The Labute approximate surface area is 216 Å². The summed E-state index contributed by atoms with van der Waals surface area (Å²) in [5, 5.41) is 30.5. The lowest BCUT2D eigenvalue weighted by Gasteiger charge is -2.29. The van der Waals surface area contributed by atoms with Gasteiger partial charge in [0.2, 0.25) is 29.5 Å². The molecule has 0 aliphatic heterocycles. The molecule has 0 rings (SSSR count). The smallest absolute Gasteiger partial charge is 0.328 e. The minimum Gasteiger partial charge on any atom is -0.480 e. The van der Waals surface area contributed by atoms with E-state index in [9.17, 15) is 33.9 Å². The molecule has 9 N–H and O–H groups in total. The van der Waals surface area contributed by atoms with Crippen molar-refractivity contribution < 1.29 is 39.0 Å². The molecule has 0 saturated heterocycles. The van der Waals surface area contributed by atoms with Crippen LogP contribution in [-0.2, 0) is 28.8 Å². The Hall–Kier alpha value is -3.26. The highest BCUT2D eigenvalue weighted by atomic mass is 16.4. The molecule has 0 saturated carbocycles. The van der Waals surface area contributed by atoms with Crippen molar-refractivity contribution in [1.82, 2.24) is 26.6 Å². The van der Waals surface area contributed by atoms with Crippen molar-refractivity contribution in [2.75, 3.05) is 6.54 Å². The fourth-order valence-electron chi connectivity index (χ4n) is 3.07. The first-order chi connectivity index (χ1) is 17.0. The van der Waals surface area contributed by atoms with E-state index in [0.29, 0.717) is 6.42 Å². The molecular formula is C23H42N6O8. The summed E-state index contributed by atoms with van der Waals surface area (Å²) in [6, 6.07) is -5.44. The summed E-state index contributed by atoms with van der Waals surface area (Å²) in [6.45, 7) is 10.5. The summed E-state index contributed by atoms with van der Waals surface area (Å²) in [4.78, 5) is 73.3. The van der Waals surface area contributed by atoms with Crippen LogP contribution in [0.1, 0.15) is 54.9 Å². The predicted octanol–water partition coefficient (Wildman–Crippen LogP) is -2.42. The second-order valence-corrected chi connectivity index (χ2v) is 9.46. The zero-order valence-electron chi connectivity index (χ0n) is 22.5. The SMILES string of the molecule is CC[C@H](C)[C@H](NC(=O)[C@H](C)N)C(=O)N[C@H](C(=O)N[C@@H](C)C(=O)NCC(=O)N[C@H](C(=O)O)[C@@H](C)O)C(C)C. The van der Waals surface area contributed by atoms with Gasteiger partial charge < -0.3 is 42.5 Å². The van der Waals surface area contributed by atoms with Crippen LogP contribution in [0.5, 0.6) is 0 Å². The number of carboxylic acids is 1. The fourth-order valence-corrected chi connectivity index (χ4v) is 3.07. The highest BCUT2D eigenvalue weighted by Gasteiger charge is 2.33. The zero-order chi connectivity index (χ0) is 29.0. The first-order valence-corrected chi connectivity index (χ1v) is 12.2. The van der Waals surface area contributed by atoms with Crippen LogP contribution in [-0.4, -0.2) is 88.6 Å². The van der Waals surface area contributed by atoms with Gasteiger partial charge in [0, 0.05) is 0 Å². The van der Waals surface area contributed by atoms with Crippen molar-refractivity contribution in [1.29, 1.82) is 0 Å². The molecule has 0 fully saturated rings. The van der Waals surface area contributed by atoms with E-state index in [1.165, 1.54) is 20.8 Å². The topological polar surface area (TPSA) is 229 Å². The van der Waals surface area contributed by atoms with E-state index >= 15 is 0 Å². The van der Waals surface area contributed by atoms with Gasteiger partial charge in [-0.2, -0.15) is 0 Å². The average molecular weight is 531 g/mol. The number of rotatable bonds is 15. The molecule has 0 spiro atoms. The Bertz CT molecular complexity index is 832. The van der Waals surface area contributed by atoms with Gasteiger partial charge in [-0.1, -0.05) is 34.1 Å². The third-order valence-corrected chi connectivity index (χ3v) is 5.69. The molecule has 0 unspecified atom stereocenters. The first-order valence-electron chi connectivity index (χ1n) is 12.2. The molecule has 0 radical (unpaired) electrons. The zero-order valence-corrected chi connectivity index (χ0v) is 22.5. The van der Waals surface area contributed by atoms with Crippen LogP contribution in [0.15, 0.2) is 0 Å². The van der Waals surface area contributed by atoms with Crippen molar-refractivity contribution in [3.05, 3.63) is 0 Å². The summed E-state index contributed by atoms with van der Waals surface area (Å²) in [5.41, 5.74) is 5.59. The molecule has 14 heteroatoms. The van der Waals surface area contributed by atoms with E-state index in [-0.39, 0.29) is 11.8 Å². The maximum atomic E-state index is 13.0. The third kappa shape index (κ3) is 11.6. The molecule has 0 aliphatic rings.